The molecule has 0 spiro atoms. The molecule has 1 fully saturated rings. The van der Waals surface area contributed by atoms with E-state index in [1.54, 1.807) is 0 Å². The third-order valence-electron chi connectivity index (χ3n) is 4.84. The van der Waals surface area contributed by atoms with Gasteiger partial charge in [0.2, 0.25) is 5.91 Å². The Morgan fingerprint density at radius 2 is 2.05 bits per heavy atom. The summed E-state index contributed by atoms with van der Waals surface area (Å²) < 4.78 is 5.75. The van der Waals surface area contributed by atoms with Gasteiger partial charge in [-0.25, -0.2) is 0 Å². The Kier molecular flexibility index (Phi) is 3.81. The van der Waals surface area contributed by atoms with Gasteiger partial charge in [-0.3, -0.25) is 14.5 Å². The molecule has 2 atom stereocenters. The second-order valence-corrected chi connectivity index (χ2v) is 6.79. The molecule has 0 bridgehead atoms. The highest BCUT2D eigenvalue weighted by molar-refractivity contribution is 6.13. The quantitative estimate of drug-likeness (QED) is 0.807. The zero-order chi connectivity index (χ0) is 15.9. The van der Waals surface area contributed by atoms with Gasteiger partial charge in [-0.2, -0.15) is 0 Å². The minimum Gasteiger partial charge on any atom is -0.378 e. The highest BCUT2D eigenvalue weighted by atomic mass is 16.5. The first-order chi connectivity index (χ1) is 10.4. The summed E-state index contributed by atoms with van der Waals surface area (Å²) in [4.78, 5) is 27.2. The predicted molar refractivity (Wildman–Crippen MR) is 83.7 cm³/mol. The van der Waals surface area contributed by atoms with Crippen molar-refractivity contribution in [1.82, 2.24) is 4.90 Å². The van der Waals surface area contributed by atoms with Crippen molar-refractivity contribution in [2.24, 2.45) is 0 Å². The number of amides is 2. The van der Waals surface area contributed by atoms with Gasteiger partial charge in [-0.05, 0) is 51.7 Å². The minimum atomic E-state index is -0.691. The van der Waals surface area contributed by atoms with Crippen LogP contribution in [-0.4, -0.2) is 35.5 Å². The van der Waals surface area contributed by atoms with E-state index in [9.17, 15) is 9.59 Å². The summed E-state index contributed by atoms with van der Waals surface area (Å²) >= 11 is 0. The smallest absolute Gasteiger partial charge is 0.261 e. The molecule has 2 amide bonds. The van der Waals surface area contributed by atoms with Crippen molar-refractivity contribution in [3.05, 3.63) is 35.4 Å². The molecule has 0 aromatic heterocycles. The van der Waals surface area contributed by atoms with Crippen molar-refractivity contribution in [3.8, 4) is 0 Å². The Bertz CT molecular complexity index is 604. The van der Waals surface area contributed by atoms with Crippen LogP contribution < -0.4 is 0 Å². The highest BCUT2D eigenvalue weighted by Gasteiger charge is 2.49. The lowest BCUT2D eigenvalue weighted by atomic mass is 9.71. The molecular formula is C18H23NO3. The summed E-state index contributed by atoms with van der Waals surface area (Å²) in [5, 5.41) is 0. The summed E-state index contributed by atoms with van der Waals surface area (Å²) in [6, 6.07) is 7.36. The van der Waals surface area contributed by atoms with Gasteiger partial charge < -0.3 is 4.74 Å². The number of hydrogen-bond donors (Lipinski definition) is 0. The second kappa shape index (κ2) is 5.51. The molecule has 2 heterocycles. The SMILES string of the molecule is CC(C)N1C(=O)c2ccccc2C(C)(CC2CCCO2)C1=O. The first-order valence-corrected chi connectivity index (χ1v) is 8.04. The zero-order valence-corrected chi connectivity index (χ0v) is 13.5. The van der Waals surface area contributed by atoms with Crippen LogP contribution in [0.2, 0.25) is 0 Å². The molecule has 1 aromatic carbocycles. The van der Waals surface area contributed by atoms with Crippen LogP contribution in [0.5, 0.6) is 0 Å². The summed E-state index contributed by atoms with van der Waals surface area (Å²) in [6.45, 7) is 6.49. The number of rotatable bonds is 3. The molecule has 118 valence electrons. The Morgan fingerprint density at radius 3 is 2.68 bits per heavy atom. The second-order valence-electron chi connectivity index (χ2n) is 6.79. The number of carbonyl (C=O) groups is 2. The molecule has 3 rings (SSSR count). The number of fused-ring (bicyclic) bond motifs is 1. The summed E-state index contributed by atoms with van der Waals surface area (Å²) in [5.41, 5.74) is 0.803. The maximum absolute atomic E-state index is 13.1. The van der Waals surface area contributed by atoms with Crippen LogP contribution in [0.4, 0.5) is 0 Å². The van der Waals surface area contributed by atoms with Gasteiger partial charge in [-0.15, -0.1) is 0 Å². The van der Waals surface area contributed by atoms with Crippen molar-refractivity contribution in [3.63, 3.8) is 0 Å². The third kappa shape index (κ3) is 2.26. The van der Waals surface area contributed by atoms with Gasteiger partial charge in [-0.1, -0.05) is 18.2 Å². The standard InChI is InChI=1S/C18H23NO3/c1-12(2)19-16(20)14-8-4-5-9-15(14)18(3,17(19)21)11-13-7-6-10-22-13/h4-5,8-9,12-13H,6-7,10-11H2,1-3H3. The van der Waals surface area contributed by atoms with E-state index in [1.807, 2.05) is 45.0 Å². The highest BCUT2D eigenvalue weighted by Crippen LogP contribution is 2.40. The fraction of sp³-hybridized carbons (Fsp3) is 0.556. The summed E-state index contributed by atoms with van der Waals surface area (Å²) in [7, 11) is 0. The van der Waals surface area contributed by atoms with Crippen LogP contribution in [0.3, 0.4) is 0 Å². The molecular weight excluding hydrogens is 278 g/mol. The van der Waals surface area contributed by atoms with E-state index >= 15 is 0 Å². The number of imide groups is 1. The van der Waals surface area contributed by atoms with Gasteiger partial charge in [0.1, 0.15) is 0 Å². The molecule has 1 saturated heterocycles. The average Bonchev–Trinajstić information content (AvgIpc) is 2.98. The fourth-order valence-corrected chi connectivity index (χ4v) is 3.68. The number of nitrogens with zero attached hydrogens (tertiary/aromatic N) is 1. The first kappa shape index (κ1) is 15.2. The Balaban J connectivity index is 2.08. The number of carbonyl (C=O) groups excluding carboxylic acids is 2. The monoisotopic (exact) mass is 301 g/mol. The molecule has 22 heavy (non-hydrogen) atoms. The van der Waals surface area contributed by atoms with Crippen LogP contribution in [0.1, 0.15) is 56.0 Å². The molecule has 0 N–H and O–H groups in total. The van der Waals surface area contributed by atoms with Crippen LogP contribution >= 0.6 is 0 Å². The van der Waals surface area contributed by atoms with Gasteiger partial charge in [0.05, 0.1) is 11.5 Å². The van der Waals surface area contributed by atoms with Crippen molar-refractivity contribution >= 4 is 11.8 Å². The lowest BCUT2D eigenvalue weighted by molar-refractivity contribution is -0.137. The van der Waals surface area contributed by atoms with Gasteiger partial charge in [0, 0.05) is 18.2 Å². The number of hydrogen-bond acceptors (Lipinski definition) is 3. The average molecular weight is 301 g/mol. The van der Waals surface area contributed by atoms with E-state index in [-0.39, 0.29) is 24.0 Å². The lowest BCUT2D eigenvalue weighted by Gasteiger charge is -2.42. The molecule has 0 radical (unpaired) electrons. The van der Waals surface area contributed by atoms with Gasteiger partial charge >= 0.3 is 0 Å². The van der Waals surface area contributed by atoms with Crippen molar-refractivity contribution in [1.29, 1.82) is 0 Å². The zero-order valence-electron chi connectivity index (χ0n) is 13.5. The molecule has 2 unspecified atom stereocenters. The van der Waals surface area contributed by atoms with Gasteiger partial charge in [0.15, 0.2) is 0 Å². The molecule has 1 aromatic rings. The maximum Gasteiger partial charge on any atom is 0.261 e. The van der Waals surface area contributed by atoms with E-state index in [4.69, 9.17) is 4.74 Å². The molecule has 4 heteroatoms. The van der Waals surface area contributed by atoms with Crippen LogP contribution in [0, 0.1) is 0 Å². The first-order valence-electron chi connectivity index (χ1n) is 8.04. The summed E-state index contributed by atoms with van der Waals surface area (Å²) in [5.74, 6) is -0.276. The Labute approximate surface area is 131 Å². The maximum atomic E-state index is 13.1. The summed E-state index contributed by atoms with van der Waals surface area (Å²) in [6.07, 6.45) is 2.77. The van der Waals surface area contributed by atoms with Crippen molar-refractivity contribution in [2.75, 3.05) is 6.61 Å². The largest absolute Gasteiger partial charge is 0.378 e. The fourth-order valence-electron chi connectivity index (χ4n) is 3.68. The van der Waals surface area contributed by atoms with Crippen LogP contribution in [0.25, 0.3) is 0 Å². The third-order valence-corrected chi connectivity index (χ3v) is 4.84. The molecule has 2 aliphatic heterocycles. The van der Waals surface area contributed by atoms with Crippen molar-refractivity contribution < 1.29 is 14.3 Å². The van der Waals surface area contributed by atoms with Gasteiger partial charge in [0.25, 0.3) is 5.91 Å². The predicted octanol–water partition coefficient (Wildman–Crippen LogP) is 2.90. The van der Waals surface area contributed by atoms with E-state index < -0.39 is 5.41 Å². The Morgan fingerprint density at radius 1 is 1.32 bits per heavy atom. The molecule has 0 aliphatic carbocycles. The molecule has 2 aliphatic rings. The van der Waals surface area contributed by atoms with E-state index in [2.05, 4.69) is 0 Å². The van der Waals surface area contributed by atoms with Crippen LogP contribution in [-0.2, 0) is 14.9 Å². The van der Waals surface area contributed by atoms with Crippen LogP contribution in [0.15, 0.2) is 24.3 Å². The van der Waals surface area contributed by atoms with E-state index in [0.717, 1.165) is 25.0 Å². The normalized spacial score (nSPS) is 28.4. The molecule has 0 saturated carbocycles. The molecule has 4 nitrogen and oxygen atoms in total. The van der Waals surface area contributed by atoms with E-state index in [1.165, 1.54) is 4.90 Å². The Hall–Kier alpha value is -1.68. The topological polar surface area (TPSA) is 46.6 Å². The number of benzene rings is 1. The van der Waals surface area contributed by atoms with E-state index in [0.29, 0.717) is 12.0 Å². The lowest BCUT2D eigenvalue weighted by Crippen LogP contribution is -2.56. The van der Waals surface area contributed by atoms with Crippen molar-refractivity contribution in [2.45, 2.75) is 57.6 Å². The minimum absolute atomic E-state index is 0.0956. The number of ether oxygens (including phenoxy) is 1.